The molecule has 4 heterocycles. The fraction of sp³-hybridized carbons (Fsp3) is 0.370. The molecular weight excluding hydrogens is 459 g/mol. The molecule has 0 spiro atoms. The van der Waals surface area contributed by atoms with Crippen molar-refractivity contribution in [1.82, 2.24) is 24.2 Å². The number of pyridine rings is 1. The van der Waals surface area contributed by atoms with Gasteiger partial charge in [0.15, 0.2) is 5.65 Å². The summed E-state index contributed by atoms with van der Waals surface area (Å²) in [5.41, 5.74) is 3.08. The summed E-state index contributed by atoms with van der Waals surface area (Å²) in [4.78, 5) is 34.4. The van der Waals surface area contributed by atoms with E-state index >= 15 is 0 Å². The van der Waals surface area contributed by atoms with Gasteiger partial charge >= 0.3 is 0 Å². The average molecular weight is 491 g/mol. The van der Waals surface area contributed by atoms with E-state index in [9.17, 15) is 14.0 Å². The Balaban J connectivity index is 1.03. The Labute approximate surface area is 209 Å². The third kappa shape index (κ3) is 5.26. The van der Waals surface area contributed by atoms with Gasteiger partial charge in [0.25, 0.3) is 5.56 Å². The maximum absolute atomic E-state index is 13.1. The van der Waals surface area contributed by atoms with Crippen LogP contribution in [-0.4, -0.2) is 64.0 Å². The van der Waals surface area contributed by atoms with Crippen molar-refractivity contribution in [2.75, 3.05) is 44.2 Å². The summed E-state index contributed by atoms with van der Waals surface area (Å²) in [7, 11) is 0. The number of carbonyl (C=O) groups excluding carboxylic acids is 1. The molecule has 1 aliphatic rings. The van der Waals surface area contributed by atoms with E-state index in [-0.39, 0.29) is 17.3 Å². The first kappa shape index (κ1) is 24.0. The monoisotopic (exact) mass is 490 g/mol. The summed E-state index contributed by atoms with van der Waals surface area (Å²) in [5, 5.41) is 3.01. The van der Waals surface area contributed by atoms with Gasteiger partial charge in [0.1, 0.15) is 11.3 Å². The standard InChI is InChI=1S/C27H31FN6O2/c28-21-8-10-22(11-9-21)32-19-17-31(18-20-32)14-4-13-29-25(35)7-3-16-34-26-23(5-1-12-30-26)33-15-2-6-24(33)27(34)36/h1-2,5-6,8-12,15H,3-4,7,13-14,16-20H2,(H,29,35). The van der Waals surface area contributed by atoms with E-state index in [1.165, 1.54) is 12.1 Å². The molecule has 36 heavy (non-hydrogen) atoms. The number of anilines is 1. The number of carbonyl (C=O) groups is 1. The lowest BCUT2D eigenvalue weighted by Crippen LogP contribution is -2.47. The lowest BCUT2D eigenvalue weighted by molar-refractivity contribution is -0.121. The lowest BCUT2D eigenvalue weighted by atomic mass is 10.2. The summed E-state index contributed by atoms with van der Waals surface area (Å²) < 4.78 is 16.7. The topological polar surface area (TPSA) is 74.9 Å². The molecule has 3 aromatic heterocycles. The molecule has 1 fully saturated rings. The molecule has 5 rings (SSSR count). The maximum atomic E-state index is 13.1. The van der Waals surface area contributed by atoms with Crippen LogP contribution in [0.3, 0.4) is 0 Å². The molecule has 0 aliphatic carbocycles. The predicted octanol–water partition coefficient (Wildman–Crippen LogP) is 2.90. The minimum atomic E-state index is -0.211. The van der Waals surface area contributed by atoms with Gasteiger partial charge in [-0.05, 0) is 67.9 Å². The fourth-order valence-corrected chi connectivity index (χ4v) is 4.89. The summed E-state index contributed by atoms with van der Waals surface area (Å²) >= 11 is 0. The van der Waals surface area contributed by atoms with Gasteiger partial charge in [-0.25, -0.2) is 9.37 Å². The van der Waals surface area contributed by atoms with Crippen molar-refractivity contribution in [2.24, 2.45) is 0 Å². The third-order valence-electron chi connectivity index (χ3n) is 6.82. The van der Waals surface area contributed by atoms with Crippen molar-refractivity contribution in [3.8, 4) is 0 Å². The Morgan fingerprint density at radius 3 is 2.53 bits per heavy atom. The van der Waals surface area contributed by atoms with Crippen LogP contribution in [0, 0.1) is 5.82 Å². The molecule has 0 atom stereocenters. The summed E-state index contributed by atoms with van der Waals surface area (Å²) in [5.74, 6) is -0.206. The second-order valence-corrected chi connectivity index (χ2v) is 9.18. The van der Waals surface area contributed by atoms with Gasteiger partial charge in [0, 0.05) is 63.8 Å². The molecule has 8 nitrogen and oxygen atoms in total. The van der Waals surface area contributed by atoms with E-state index in [0.29, 0.717) is 37.1 Å². The molecule has 188 valence electrons. The highest BCUT2D eigenvalue weighted by atomic mass is 19.1. The molecule has 0 unspecified atom stereocenters. The zero-order chi connectivity index (χ0) is 24.9. The summed E-state index contributed by atoms with van der Waals surface area (Å²) in [6.07, 6.45) is 5.37. The number of amides is 1. The zero-order valence-corrected chi connectivity index (χ0v) is 20.3. The minimum absolute atomic E-state index is 0.00482. The van der Waals surface area contributed by atoms with Gasteiger partial charge < -0.3 is 14.6 Å². The van der Waals surface area contributed by atoms with Crippen LogP contribution in [0.4, 0.5) is 10.1 Å². The average Bonchev–Trinajstić information content (AvgIpc) is 3.40. The van der Waals surface area contributed by atoms with Crippen molar-refractivity contribution in [3.63, 3.8) is 0 Å². The number of hydrogen-bond donors (Lipinski definition) is 1. The van der Waals surface area contributed by atoms with Crippen LogP contribution in [0.1, 0.15) is 19.3 Å². The summed E-state index contributed by atoms with van der Waals surface area (Å²) in [6.45, 7) is 5.74. The van der Waals surface area contributed by atoms with Crippen molar-refractivity contribution < 1.29 is 9.18 Å². The second kappa shape index (κ2) is 10.9. The Morgan fingerprint density at radius 1 is 0.944 bits per heavy atom. The molecular formula is C27H31FN6O2. The van der Waals surface area contributed by atoms with Crippen LogP contribution in [0.15, 0.2) is 65.7 Å². The van der Waals surface area contributed by atoms with Crippen LogP contribution in [0.5, 0.6) is 0 Å². The minimum Gasteiger partial charge on any atom is -0.369 e. The number of nitrogens with zero attached hydrogens (tertiary/aromatic N) is 5. The van der Waals surface area contributed by atoms with Crippen molar-refractivity contribution >= 4 is 28.3 Å². The van der Waals surface area contributed by atoms with E-state index in [2.05, 4.69) is 20.1 Å². The smallest absolute Gasteiger partial charge is 0.276 e. The Morgan fingerprint density at radius 2 is 1.72 bits per heavy atom. The SMILES string of the molecule is O=C(CCCn1c(=O)c2cccn2c2cccnc21)NCCCN1CCN(c2ccc(F)cc2)CC1. The number of fused-ring (bicyclic) bond motifs is 3. The Kier molecular flexibility index (Phi) is 7.27. The van der Waals surface area contributed by atoms with Gasteiger partial charge in [0.05, 0.1) is 5.52 Å². The number of aromatic nitrogens is 3. The number of benzene rings is 1. The van der Waals surface area contributed by atoms with Crippen molar-refractivity contribution in [3.05, 3.63) is 77.1 Å². The molecule has 4 aromatic rings. The predicted molar refractivity (Wildman–Crippen MR) is 139 cm³/mol. The van der Waals surface area contributed by atoms with Crippen LogP contribution in [-0.2, 0) is 11.3 Å². The zero-order valence-electron chi connectivity index (χ0n) is 20.3. The fourth-order valence-electron chi connectivity index (χ4n) is 4.89. The van der Waals surface area contributed by atoms with Crippen LogP contribution in [0.25, 0.3) is 16.7 Å². The van der Waals surface area contributed by atoms with Crippen LogP contribution < -0.4 is 15.8 Å². The molecule has 1 N–H and O–H groups in total. The lowest BCUT2D eigenvalue weighted by Gasteiger charge is -2.36. The number of rotatable bonds is 9. The first-order chi connectivity index (χ1) is 17.6. The number of aryl methyl sites for hydroxylation is 1. The summed E-state index contributed by atoms with van der Waals surface area (Å²) in [6, 6.07) is 14.1. The molecule has 1 aromatic carbocycles. The Bertz CT molecular complexity index is 1390. The van der Waals surface area contributed by atoms with Crippen molar-refractivity contribution in [1.29, 1.82) is 0 Å². The molecule has 0 saturated carbocycles. The van der Waals surface area contributed by atoms with Gasteiger partial charge in [-0.15, -0.1) is 0 Å². The van der Waals surface area contributed by atoms with E-state index in [4.69, 9.17) is 0 Å². The molecule has 1 saturated heterocycles. The normalized spacial score (nSPS) is 14.5. The highest BCUT2D eigenvalue weighted by Gasteiger charge is 2.17. The molecule has 0 radical (unpaired) electrons. The van der Waals surface area contributed by atoms with Crippen LogP contribution >= 0.6 is 0 Å². The van der Waals surface area contributed by atoms with Crippen LogP contribution in [0.2, 0.25) is 0 Å². The van der Waals surface area contributed by atoms with E-state index < -0.39 is 0 Å². The van der Waals surface area contributed by atoms with E-state index in [1.807, 2.05) is 40.9 Å². The number of hydrogen-bond acceptors (Lipinski definition) is 5. The molecule has 9 heteroatoms. The van der Waals surface area contributed by atoms with Gasteiger partial charge in [-0.3, -0.25) is 19.1 Å². The second-order valence-electron chi connectivity index (χ2n) is 9.18. The largest absolute Gasteiger partial charge is 0.369 e. The maximum Gasteiger partial charge on any atom is 0.276 e. The highest BCUT2D eigenvalue weighted by molar-refractivity contribution is 5.76. The third-order valence-corrected chi connectivity index (χ3v) is 6.82. The quantitative estimate of drug-likeness (QED) is 0.365. The molecule has 0 bridgehead atoms. The first-order valence-corrected chi connectivity index (χ1v) is 12.5. The number of halogens is 1. The van der Waals surface area contributed by atoms with Gasteiger partial charge in [-0.2, -0.15) is 0 Å². The first-order valence-electron chi connectivity index (χ1n) is 12.5. The molecule has 1 amide bonds. The van der Waals surface area contributed by atoms with E-state index in [0.717, 1.165) is 50.3 Å². The van der Waals surface area contributed by atoms with Crippen molar-refractivity contribution in [2.45, 2.75) is 25.8 Å². The number of nitrogens with one attached hydrogen (secondary N) is 1. The Hall–Kier alpha value is -3.72. The highest BCUT2D eigenvalue weighted by Crippen LogP contribution is 2.17. The van der Waals surface area contributed by atoms with E-state index in [1.54, 1.807) is 16.8 Å². The van der Waals surface area contributed by atoms with Gasteiger partial charge in [-0.1, -0.05) is 0 Å². The molecule has 1 aliphatic heterocycles. The van der Waals surface area contributed by atoms with Gasteiger partial charge in [0.2, 0.25) is 5.91 Å². The number of piperazine rings is 1.